The van der Waals surface area contributed by atoms with Crippen molar-refractivity contribution >= 4 is 29.6 Å². The molecule has 1 fully saturated rings. The van der Waals surface area contributed by atoms with E-state index >= 15 is 0 Å². The van der Waals surface area contributed by atoms with Crippen molar-refractivity contribution in [2.24, 2.45) is 0 Å². The second-order valence-electron chi connectivity index (χ2n) is 5.92. The summed E-state index contributed by atoms with van der Waals surface area (Å²) in [5.41, 5.74) is 0.653. The summed E-state index contributed by atoms with van der Waals surface area (Å²) in [6.07, 6.45) is 5.77. The number of barbiturate groups is 1. The van der Waals surface area contributed by atoms with Crippen LogP contribution in [-0.2, 0) is 9.59 Å². The summed E-state index contributed by atoms with van der Waals surface area (Å²) < 4.78 is 15.7. The van der Waals surface area contributed by atoms with Crippen molar-refractivity contribution in [2.45, 2.75) is 0 Å². The third-order valence-electron chi connectivity index (χ3n) is 4.19. The number of benzene rings is 1. The fourth-order valence-corrected chi connectivity index (χ4v) is 2.90. The molecular formula is C20H13FN4O3. The minimum absolute atomic E-state index is 0.230. The van der Waals surface area contributed by atoms with Crippen LogP contribution in [0.1, 0.15) is 5.69 Å². The summed E-state index contributed by atoms with van der Waals surface area (Å²) in [5.74, 6) is -2.07. The molecule has 1 N–H and O–H groups in total. The van der Waals surface area contributed by atoms with Crippen molar-refractivity contribution in [3.05, 3.63) is 84.2 Å². The molecule has 0 aliphatic carbocycles. The Kier molecular flexibility index (Phi) is 4.29. The zero-order chi connectivity index (χ0) is 19.7. The van der Waals surface area contributed by atoms with Crippen LogP contribution in [0.2, 0.25) is 0 Å². The lowest BCUT2D eigenvalue weighted by Crippen LogP contribution is -2.54. The van der Waals surface area contributed by atoms with Gasteiger partial charge in [-0.3, -0.25) is 19.9 Å². The molecule has 1 aromatic carbocycles. The van der Waals surface area contributed by atoms with Crippen molar-refractivity contribution in [1.82, 2.24) is 14.9 Å². The van der Waals surface area contributed by atoms with Gasteiger partial charge in [0, 0.05) is 18.1 Å². The Hall–Kier alpha value is -4.07. The average Bonchev–Trinajstić information content (AvgIpc) is 3.14. The molecule has 1 aliphatic rings. The first-order chi connectivity index (χ1) is 13.6. The number of rotatable bonds is 3. The SMILES string of the molecule is O=C1NC(=O)N(c2cccnc2)C(=O)/C1=C/c1cccn1-c1ccccc1F. The highest BCUT2D eigenvalue weighted by molar-refractivity contribution is 6.39. The Morgan fingerprint density at radius 3 is 2.57 bits per heavy atom. The van der Waals surface area contributed by atoms with Gasteiger partial charge in [-0.1, -0.05) is 12.1 Å². The van der Waals surface area contributed by atoms with Crippen molar-refractivity contribution in [2.75, 3.05) is 4.90 Å². The van der Waals surface area contributed by atoms with Crippen LogP contribution in [-0.4, -0.2) is 27.4 Å². The van der Waals surface area contributed by atoms with Crippen LogP contribution in [0.25, 0.3) is 11.8 Å². The van der Waals surface area contributed by atoms with Crippen LogP contribution in [0.4, 0.5) is 14.9 Å². The summed E-state index contributed by atoms with van der Waals surface area (Å²) >= 11 is 0. The maximum Gasteiger partial charge on any atom is 0.336 e. The van der Waals surface area contributed by atoms with Gasteiger partial charge >= 0.3 is 6.03 Å². The number of aromatic nitrogens is 2. The molecule has 3 aromatic rings. The Labute approximate surface area is 158 Å². The van der Waals surface area contributed by atoms with Gasteiger partial charge in [0.2, 0.25) is 0 Å². The molecular weight excluding hydrogens is 363 g/mol. The molecule has 0 saturated carbocycles. The molecule has 4 amide bonds. The van der Waals surface area contributed by atoms with E-state index in [1.54, 1.807) is 42.6 Å². The predicted octanol–water partition coefficient (Wildman–Crippen LogP) is 2.68. The van der Waals surface area contributed by atoms with Crippen molar-refractivity contribution in [3.8, 4) is 5.69 Å². The molecule has 7 nitrogen and oxygen atoms in total. The van der Waals surface area contributed by atoms with E-state index in [-0.39, 0.29) is 16.9 Å². The average molecular weight is 376 g/mol. The van der Waals surface area contributed by atoms with Gasteiger partial charge in [0.25, 0.3) is 11.8 Å². The lowest BCUT2D eigenvalue weighted by atomic mass is 10.1. The molecule has 8 heteroatoms. The van der Waals surface area contributed by atoms with Gasteiger partial charge < -0.3 is 4.57 Å². The Bertz CT molecular complexity index is 1120. The molecule has 2 aromatic heterocycles. The number of pyridine rings is 1. The predicted molar refractivity (Wildman–Crippen MR) is 99.0 cm³/mol. The van der Waals surface area contributed by atoms with E-state index < -0.39 is 23.7 Å². The highest BCUT2D eigenvalue weighted by Gasteiger charge is 2.37. The van der Waals surface area contributed by atoms with Crippen molar-refractivity contribution < 1.29 is 18.8 Å². The third-order valence-corrected chi connectivity index (χ3v) is 4.19. The number of nitrogens with zero attached hydrogens (tertiary/aromatic N) is 3. The normalized spacial score (nSPS) is 15.8. The Morgan fingerprint density at radius 2 is 1.82 bits per heavy atom. The second-order valence-corrected chi connectivity index (χ2v) is 5.92. The van der Waals surface area contributed by atoms with Gasteiger partial charge in [-0.15, -0.1) is 0 Å². The number of nitrogens with one attached hydrogen (secondary N) is 1. The number of carbonyl (C=O) groups excluding carboxylic acids is 3. The maximum absolute atomic E-state index is 14.2. The molecule has 1 saturated heterocycles. The molecule has 0 bridgehead atoms. The van der Waals surface area contributed by atoms with Gasteiger partial charge in [0.15, 0.2) is 0 Å². The van der Waals surface area contributed by atoms with Crippen LogP contribution < -0.4 is 10.2 Å². The number of amides is 4. The van der Waals surface area contributed by atoms with E-state index in [9.17, 15) is 18.8 Å². The van der Waals surface area contributed by atoms with E-state index in [0.29, 0.717) is 5.69 Å². The van der Waals surface area contributed by atoms with Gasteiger partial charge in [0.1, 0.15) is 11.4 Å². The number of urea groups is 1. The minimum Gasteiger partial charge on any atom is -0.314 e. The molecule has 1 aliphatic heterocycles. The van der Waals surface area contributed by atoms with Crippen molar-refractivity contribution in [1.29, 1.82) is 0 Å². The number of para-hydroxylation sites is 1. The number of imide groups is 2. The number of hydrogen-bond acceptors (Lipinski definition) is 4. The zero-order valence-corrected chi connectivity index (χ0v) is 14.4. The van der Waals surface area contributed by atoms with Crippen LogP contribution in [0.3, 0.4) is 0 Å². The highest BCUT2D eigenvalue weighted by atomic mass is 19.1. The summed E-state index contributed by atoms with van der Waals surface area (Å²) in [7, 11) is 0. The Balaban J connectivity index is 1.77. The van der Waals surface area contributed by atoms with Crippen molar-refractivity contribution in [3.63, 3.8) is 0 Å². The van der Waals surface area contributed by atoms with Gasteiger partial charge in [0.05, 0.1) is 17.6 Å². The summed E-state index contributed by atoms with van der Waals surface area (Å²) in [5, 5.41) is 2.14. The summed E-state index contributed by atoms with van der Waals surface area (Å²) in [6, 6.07) is 11.7. The number of hydrogen-bond donors (Lipinski definition) is 1. The summed E-state index contributed by atoms with van der Waals surface area (Å²) in [6.45, 7) is 0. The smallest absolute Gasteiger partial charge is 0.314 e. The van der Waals surface area contributed by atoms with Gasteiger partial charge in [-0.25, -0.2) is 14.1 Å². The first-order valence-corrected chi connectivity index (χ1v) is 8.30. The number of anilines is 1. The number of carbonyl (C=O) groups is 3. The first-order valence-electron chi connectivity index (χ1n) is 8.30. The zero-order valence-electron chi connectivity index (χ0n) is 14.4. The van der Waals surface area contributed by atoms with Crippen LogP contribution >= 0.6 is 0 Å². The van der Waals surface area contributed by atoms with Gasteiger partial charge in [-0.05, 0) is 42.5 Å². The monoisotopic (exact) mass is 376 g/mol. The minimum atomic E-state index is -0.857. The molecule has 3 heterocycles. The fraction of sp³-hybridized carbons (Fsp3) is 0. The largest absolute Gasteiger partial charge is 0.336 e. The highest BCUT2D eigenvalue weighted by Crippen LogP contribution is 2.23. The summed E-state index contributed by atoms with van der Waals surface area (Å²) in [4.78, 5) is 42.0. The molecule has 138 valence electrons. The Morgan fingerprint density at radius 1 is 1.00 bits per heavy atom. The molecule has 28 heavy (non-hydrogen) atoms. The lowest BCUT2D eigenvalue weighted by Gasteiger charge is -2.26. The van der Waals surface area contributed by atoms with E-state index in [1.807, 2.05) is 0 Å². The van der Waals surface area contributed by atoms with Crippen LogP contribution in [0.5, 0.6) is 0 Å². The molecule has 0 radical (unpaired) electrons. The number of halogens is 1. The standard InChI is InChI=1S/C20H13FN4O3/c21-16-7-1-2-8-17(16)24-10-4-6-13(24)11-15-18(26)23-20(28)25(19(15)27)14-5-3-9-22-12-14/h1-12H,(H,23,26,28)/b15-11+. The second kappa shape index (κ2) is 6.92. The lowest BCUT2D eigenvalue weighted by molar-refractivity contribution is -0.122. The fourth-order valence-electron chi connectivity index (χ4n) is 2.90. The van der Waals surface area contributed by atoms with Crippen LogP contribution in [0, 0.1) is 5.82 Å². The molecule has 4 rings (SSSR count). The molecule has 0 spiro atoms. The first kappa shape index (κ1) is 17.3. The van der Waals surface area contributed by atoms with Gasteiger partial charge in [-0.2, -0.15) is 0 Å². The van der Waals surface area contributed by atoms with E-state index in [2.05, 4.69) is 10.3 Å². The van der Waals surface area contributed by atoms with E-state index in [1.165, 1.54) is 35.2 Å². The third kappa shape index (κ3) is 2.96. The topological polar surface area (TPSA) is 84.3 Å². The van der Waals surface area contributed by atoms with E-state index in [4.69, 9.17) is 0 Å². The quantitative estimate of drug-likeness (QED) is 0.563. The maximum atomic E-state index is 14.2. The molecule has 0 atom stereocenters. The van der Waals surface area contributed by atoms with Crippen LogP contribution in [0.15, 0.2) is 72.7 Å². The van der Waals surface area contributed by atoms with E-state index in [0.717, 1.165) is 4.90 Å². The molecule has 0 unspecified atom stereocenters.